The highest BCUT2D eigenvalue weighted by molar-refractivity contribution is 6.30. The summed E-state index contributed by atoms with van der Waals surface area (Å²) in [5, 5.41) is 6.68. The molecule has 2 N–H and O–H groups in total. The van der Waals surface area contributed by atoms with Gasteiger partial charge in [0.1, 0.15) is 5.75 Å². The number of anilines is 2. The van der Waals surface area contributed by atoms with Crippen LogP contribution in [0.25, 0.3) is 0 Å². The van der Waals surface area contributed by atoms with Crippen molar-refractivity contribution in [2.45, 2.75) is 51.0 Å². The number of carbonyl (C=O) groups is 2. The van der Waals surface area contributed by atoms with Gasteiger partial charge in [-0.3, -0.25) is 9.59 Å². The van der Waals surface area contributed by atoms with E-state index in [4.69, 9.17) is 16.3 Å². The molecule has 1 heterocycles. The zero-order chi connectivity index (χ0) is 22.3. The summed E-state index contributed by atoms with van der Waals surface area (Å²) in [6.07, 6.45) is 7.88. The molecule has 0 radical (unpaired) electrons. The average molecular weight is 456 g/mol. The average Bonchev–Trinajstić information content (AvgIpc) is 3.34. The Morgan fingerprint density at radius 3 is 2.41 bits per heavy atom. The maximum Gasteiger partial charge on any atom is 0.262 e. The molecule has 1 saturated carbocycles. The van der Waals surface area contributed by atoms with Gasteiger partial charge in [-0.1, -0.05) is 30.9 Å². The first-order valence-corrected chi connectivity index (χ1v) is 11.8. The van der Waals surface area contributed by atoms with E-state index in [0.29, 0.717) is 22.0 Å². The summed E-state index contributed by atoms with van der Waals surface area (Å²) in [5.41, 5.74) is 2.14. The molecule has 2 aromatic rings. The minimum Gasteiger partial charge on any atom is -0.484 e. The van der Waals surface area contributed by atoms with Crippen molar-refractivity contribution in [2.75, 3.05) is 29.9 Å². The molecule has 1 saturated heterocycles. The van der Waals surface area contributed by atoms with Crippen LogP contribution in [0.15, 0.2) is 42.5 Å². The molecular weight excluding hydrogens is 426 g/mol. The Kier molecular flexibility index (Phi) is 7.53. The van der Waals surface area contributed by atoms with E-state index in [1.54, 1.807) is 30.3 Å². The second-order valence-electron chi connectivity index (χ2n) is 8.53. The van der Waals surface area contributed by atoms with E-state index in [2.05, 4.69) is 15.5 Å². The fourth-order valence-corrected chi connectivity index (χ4v) is 4.54. The van der Waals surface area contributed by atoms with Crippen molar-refractivity contribution in [2.24, 2.45) is 0 Å². The second kappa shape index (κ2) is 10.7. The number of rotatable bonds is 7. The molecule has 1 aliphatic carbocycles. The van der Waals surface area contributed by atoms with E-state index in [1.165, 1.54) is 6.42 Å². The molecule has 2 aliphatic rings. The topological polar surface area (TPSA) is 70.7 Å². The Morgan fingerprint density at radius 2 is 1.69 bits per heavy atom. The summed E-state index contributed by atoms with van der Waals surface area (Å²) in [6.45, 7) is 1.77. The summed E-state index contributed by atoms with van der Waals surface area (Å²) in [4.78, 5) is 27.9. The van der Waals surface area contributed by atoms with Gasteiger partial charge in [-0.25, -0.2) is 0 Å². The number of hydrogen-bond acceptors (Lipinski definition) is 4. The number of amides is 2. The van der Waals surface area contributed by atoms with Crippen LogP contribution >= 0.6 is 11.6 Å². The van der Waals surface area contributed by atoms with Crippen molar-refractivity contribution in [3.63, 3.8) is 0 Å². The number of nitrogens with zero attached hydrogens (tertiary/aromatic N) is 1. The Balaban J connectivity index is 1.44. The van der Waals surface area contributed by atoms with Crippen LogP contribution < -0.4 is 20.3 Å². The molecule has 2 aromatic carbocycles. The van der Waals surface area contributed by atoms with E-state index in [0.717, 1.165) is 57.3 Å². The van der Waals surface area contributed by atoms with Gasteiger partial charge in [-0.05, 0) is 68.1 Å². The third-order valence-corrected chi connectivity index (χ3v) is 6.35. The minimum absolute atomic E-state index is 0.0627. The van der Waals surface area contributed by atoms with Crippen molar-refractivity contribution in [3.8, 4) is 5.75 Å². The van der Waals surface area contributed by atoms with Crippen LogP contribution in [0.4, 0.5) is 11.4 Å². The van der Waals surface area contributed by atoms with Crippen molar-refractivity contribution in [1.29, 1.82) is 0 Å². The van der Waals surface area contributed by atoms with Crippen molar-refractivity contribution >= 4 is 34.8 Å². The molecule has 0 spiro atoms. The van der Waals surface area contributed by atoms with E-state index < -0.39 is 0 Å². The maximum absolute atomic E-state index is 13.2. The van der Waals surface area contributed by atoms with E-state index in [9.17, 15) is 9.59 Å². The molecule has 0 bridgehead atoms. The highest BCUT2D eigenvalue weighted by Crippen LogP contribution is 2.28. The standard InChI is InChI=1S/C25H30ClN3O3/c26-18-8-11-21(12-9-18)32-17-24(30)27-20-10-13-23(29-14-4-5-15-29)22(16-20)25(31)28-19-6-2-1-3-7-19/h8-13,16,19H,1-7,14-15,17H2,(H,27,30)(H,28,31). The van der Waals surface area contributed by atoms with Crippen molar-refractivity contribution < 1.29 is 14.3 Å². The molecule has 0 unspecified atom stereocenters. The largest absolute Gasteiger partial charge is 0.484 e. The SMILES string of the molecule is O=C(COc1ccc(Cl)cc1)Nc1ccc(N2CCCC2)c(C(=O)NC2CCCCC2)c1. The number of halogens is 1. The zero-order valence-corrected chi connectivity index (χ0v) is 19.0. The number of benzene rings is 2. The van der Waals surface area contributed by atoms with Gasteiger partial charge in [0.25, 0.3) is 11.8 Å². The lowest BCUT2D eigenvalue weighted by Gasteiger charge is -2.25. The van der Waals surface area contributed by atoms with Crippen LogP contribution in [-0.2, 0) is 4.79 Å². The Morgan fingerprint density at radius 1 is 0.969 bits per heavy atom. The smallest absolute Gasteiger partial charge is 0.262 e. The Labute approximate surface area is 194 Å². The fourth-order valence-electron chi connectivity index (χ4n) is 4.42. The normalized spacial score (nSPS) is 16.6. The molecule has 2 fully saturated rings. The molecule has 0 atom stereocenters. The molecule has 0 aromatic heterocycles. The summed E-state index contributed by atoms with van der Waals surface area (Å²) in [5.74, 6) is 0.223. The highest BCUT2D eigenvalue weighted by atomic mass is 35.5. The number of hydrogen-bond donors (Lipinski definition) is 2. The van der Waals surface area contributed by atoms with Crippen LogP contribution in [-0.4, -0.2) is 37.6 Å². The van der Waals surface area contributed by atoms with Crippen LogP contribution in [0.1, 0.15) is 55.3 Å². The predicted molar refractivity (Wildman–Crippen MR) is 128 cm³/mol. The monoisotopic (exact) mass is 455 g/mol. The molecule has 7 heteroatoms. The Bertz CT molecular complexity index is 936. The summed E-state index contributed by atoms with van der Waals surface area (Å²) < 4.78 is 5.52. The van der Waals surface area contributed by atoms with Crippen molar-refractivity contribution in [1.82, 2.24) is 5.32 Å². The first kappa shape index (κ1) is 22.5. The zero-order valence-electron chi connectivity index (χ0n) is 18.2. The van der Waals surface area contributed by atoms with Gasteiger partial charge in [0, 0.05) is 35.5 Å². The molecule has 32 heavy (non-hydrogen) atoms. The van der Waals surface area contributed by atoms with Crippen LogP contribution in [0.5, 0.6) is 5.75 Å². The molecule has 6 nitrogen and oxygen atoms in total. The van der Waals surface area contributed by atoms with Gasteiger partial charge in [0.2, 0.25) is 0 Å². The lowest BCUT2D eigenvalue weighted by molar-refractivity contribution is -0.118. The lowest BCUT2D eigenvalue weighted by atomic mass is 9.95. The lowest BCUT2D eigenvalue weighted by Crippen LogP contribution is -2.37. The summed E-state index contributed by atoms with van der Waals surface area (Å²) >= 11 is 5.87. The summed E-state index contributed by atoms with van der Waals surface area (Å²) in [6, 6.07) is 12.7. The third kappa shape index (κ3) is 5.94. The second-order valence-corrected chi connectivity index (χ2v) is 8.96. The molecule has 4 rings (SSSR count). The number of nitrogens with one attached hydrogen (secondary N) is 2. The van der Waals surface area contributed by atoms with Gasteiger partial charge in [-0.2, -0.15) is 0 Å². The van der Waals surface area contributed by atoms with Crippen molar-refractivity contribution in [3.05, 3.63) is 53.1 Å². The third-order valence-electron chi connectivity index (χ3n) is 6.10. The van der Waals surface area contributed by atoms with E-state index in [1.807, 2.05) is 12.1 Å². The number of carbonyl (C=O) groups excluding carboxylic acids is 2. The van der Waals surface area contributed by atoms with Gasteiger partial charge in [0.05, 0.1) is 5.56 Å². The fraction of sp³-hybridized carbons (Fsp3) is 0.440. The quantitative estimate of drug-likeness (QED) is 0.615. The van der Waals surface area contributed by atoms with Gasteiger partial charge >= 0.3 is 0 Å². The highest BCUT2D eigenvalue weighted by Gasteiger charge is 2.23. The Hall–Kier alpha value is -2.73. The summed E-state index contributed by atoms with van der Waals surface area (Å²) in [7, 11) is 0. The molecule has 2 amide bonds. The van der Waals surface area contributed by atoms with E-state index in [-0.39, 0.29) is 24.5 Å². The van der Waals surface area contributed by atoms with Crippen LogP contribution in [0, 0.1) is 0 Å². The maximum atomic E-state index is 13.2. The minimum atomic E-state index is -0.285. The molecular formula is C25H30ClN3O3. The van der Waals surface area contributed by atoms with Gasteiger partial charge in [-0.15, -0.1) is 0 Å². The number of ether oxygens (including phenoxy) is 1. The van der Waals surface area contributed by atoms with Crippen LogP contribution in [0.2, 0.25) is 5.02 Å². The first-order chi connectivity index (χ1) is 15.6. The van der Waals surface area contributed by atoms with E-state index >= 15 is 0 Å². The van der Waals surface area contributed by atoms with Gasteiger partial charge < -0.3 is 20.3 Å². The van der Waals surface area contributed by atoms with Gasteiger partial charge in [0.15, 0.2) is 6.61 Å². The molecule has 170 valence electrons. The predicted octanol–water partition coefficient (Wildman–Crippen LogP) is 5.02. The molecule has 1 aliphatic heterocycles. The van der Waals surface area contributed by atoms with Crippen LogP contribution in [0.3, 0.4) is 0 Å². The first-order valence-electron chi connectivity index (χ1n) is 11.5.